The minimum absolute atomic E-state index is 0.0168. The van der Waals surface area contributed by atoms with E-state index in [1.165, 1.54) is 17.4 Å². The van der Waals surface area contributed by atoms with Crippen LogP contribution in [0.4, 0.5) is 4.39 Å². The molecule has 0 spiro atoms. The number of nitrogens with one attached hydrogen (secondary N) is 2. The molecule has 182 valence electrons. The zero-order chi connectivity index (χ0) is 24.7. The average molecular weight is 468 g/mol. The number of halogens is 1. The number of carbonyl (C=O) groups excluding carboxylic acids is 3. The van der Waals surface area contributed by atoms with Crippen molar-refractivity contribution in [2.24, 2.45) is 0 Å². The van der Waals surface area contributed by atoms with Crippen molar-refractivity contribution in [2.45, 2.75) is 64.2 Å². The third-order valence-corrected chi connectivity index (χ3v) is 6.17. The predicted octanol–water partition coefficient (Wildman–Crippen LogP) is 3.87. The quantitative estimate of drug-likeness (QED) is 0.550. The van der Waals surface area contributed by atoms with Crippen molar-refractivity contribution in [3.8, 4) is 0 Å². The molecular formula is C27H34FN3O3. The van der Waals surface area contributed by atoms with Crippen molar-refractivity contribution >= 4 is 17.7 Å². The summed E-state index contributed by atoms with van der Waals surface area (Å²) in [6.45, 7) is 5.95. The molecule has 2 N–H and O–H groups in total. The van der Waals surface area contributed by atoms with Gasteiger partial charge in [0.25, 0.3) is 0 Å². The Labute approximate surface area is 200 Å². The van der Waals surface area contributed by atoms with Crippen molar-refractivity contribution in [1.29, 1.82) is 0 Å². The summed E-state index contributed by atoms with van der Waals surface area (Å²) in [5.74, 6) is -0.410. The normalized spacial score (nSPS) is 18.6. The van der Waals surface area contributed by atoms with E-state index in [0.717, 1.165) is 11.1 Å². The number of hydrogen-bond acceptors (Lipinski definition) is 3. The van der Waals surface area contributed by atoms with E-state index in [-0.39, 0.29) is 37.1 Å². The van der Waals surface area contributed by atoms with Crippen molar-refractivity contribution in [1.82, 2.24) is 15.5 Å². The third-order valence-electron chi connectivity index (χ3n) is 6.17. The van der Waals surface area contributed by atoms with Crippen LogP contribution in [0.15, 0.2) is 54.6 Å². The Kier molecular flexibility index (Phi) is 8.79. The zero-order valence-electron chi connectivity index (χ0n) is 20.1. The van der Waals surface area contributed by atoms with Crippen LogP contribution < -0.4 is 10.6 Å². The molecule has 3 atom stereocenters. The van der Waals surface area contributed by atoms with Crippen molar-refractivity contribution in [2.75, 3.05) is 13.1 Å². The molecule has 0 aromatic heterocycles. The number of likely N-dealkylation sites (tertiary alicyclic amines) is 1. The molecule has 34 heavy (non-hydrogen) atoms. The summed E-state index contributed by atoms with van der Waals surface area (Å²) in [6.07, 6.45) is -0.669. The fourth-order valence-electron chi connectivity index (χ4n) is 4.27. The van der Waals surface area contributed by atoms with E-state index in [1.54, 1.807) is 0 Å². The number of hydrogen-bond donors (Lipinski definition) is 2. The molecule has 0 saturated carbocycles. The predicted molar refractivity (Wildman–Crippen MR) is 130 cm³/mol. The van der Waals surface area contributed by atoms with E-state index in [2.05, 4.69) is 36.6 Å². The lowest BCUT2D eigenvalue weighted by molar-refractivity contribution is -0.138. The molecule has 7 heteroatoms. The van der Waals surface area contributed by atoms with Gasteiger partial charge in [0, 0.05) is 26.3 Å². The molecule has 0 radical (unpaired) electrons. The van der Waals surface area contributed by atoms with Crippen LogP contribution in [0.25, 0.3) is 0 Å². The smallest absolute Gasteiger partial charge is 0.243 e. The van der Waals surface area contributed by atoms with Gasteiger partial charge >= 0.3 is 0 Å². The summed E-state index contributed by atoms with van der Waals surface area (Å²) in [5, 5.41) is 5.72. The molecule has 1 fully saturated rings. The fraction of sp³-hybridized carbons (Fsp3) is 0.444. The van der Waals surface area contributed by atoms with Gasteiger partial charge in [0.05, 0.1) is 12.6 Å². The van der Waals surface area contributed by atoms with E-state index in [0.29, 0.717) is 18.9 Å². The number of nitrogens with zero attached hydrogens (tertiary/aromatic N) is 1. The summed E-state index contributed by atoms with van der Waals surface area (Å²) < 4.78 is 14.3. The van der Waals surface area contributed by atoms with Gasteiger partial charge in [-0.1, -0.05) is 68.4 Å². The molecule has 0 bridgehead atoms. The monoisotopic (exact) mass is 467 g/mol. The number of amides is 3. The molecule has 2 aromatic rings. The molecule has 1 aliphatic heterocycles. The highest BCUT2D eigenvalue weighted by molar-refractivity contribution is 5.89. The van der Waals surface area contributed by atoms with Gasteiger partial charge in [0.15, 0.2) is 0 Å². The summed E-state index contributed by atoms with van der Waals surface area (Å²) >= 11 is 0. The lowest BCUT2D eigenvalue weighted by Gasteiger charge is -2.27. The second kappa shape index (κ2) is 11.8. The van der Waals surface area contributed by atoms with Crippen molar-refractivity contribution in [3.05, 3.63) is 71.3 Å². The molecule has 3 unspecified atom stereocenters. The van der Waals surface area contributed by atoms with Crippen LogP contribution in [0, 0.1) is 0 Å². The van der Waals surface area contributed by atoms with Gasteiger partial charge in [-0.3, -0.25) is 14.4 Å². The molecule has 0 aliphatic carbocycles. The molecular weight excluding hydrogens is 433 g/mol. The third kappa shape index (κ3) is 6.65. The van der Waals surface area contributed by atoms with Crippen LogP contribution >= 0.6 is 0 Å². The Morgan fingerprint density at radius 3 is 2.24 bits per heavy atom. The fourth-order valence-corrected chi connectivity index (χ4v) is 4.27. The topological polar surface area (TPSA) is 78.5 Å². The van der Waals surface area contributed by atoms with Gasteiger partial charge in [0.2, 0.25) is 17.7 Å². The maximum atomic E-state index is 14.3. The van der Waals surface area contributed by atoms with Crippen LogP contribution in [0.5, 0.6) is 0 Å². The van der Waals surface area contributed by atoms with Crippen molar-refractivity contribution in [3.63, 3.8) is 0 Å². The van der Waals surface area contributed by atoms with Gasteiger partial charge < -0.3 is 15.5 Å². The van der Waals surface area contributed by atoms with Gasteiger partial charge in [-0.15, -0.1) is 0 Å². The minimum atomic E-state index is -1.24. The molecule has 2 aromatic carbocycles. The average Bonchev–Trinajstić information content (AvgIpc) is 3.22. The van der Waals surface area contributed by atoms with E-state index in [1.807, 2.05) is 42.5 Å². The Balaban J connectivity index is 1.75. The van der Waals surface area contributed by atoms with Crippen LogP contribution in [0.3, 0.4) is 0 Å². The van der Waals surface area contributed by atoms with Crippen LogP contribution in [-0.4, -0.2) is 47.9 Å². The second-order valence-corrected chi connectivity index (χ2v) is 9.16. The Bertz CT molecular complexity index is 978. The minimum Gasteiger partial charge on any atom is -0.356 e. The molecule has 3 rings (SSSR count). The van der Waals surface area contributed by atoms with E-state index < -0.39 is 18.3 Å². The largest absolute Gasteiger partial charge is 0.356 e. The maximum absolute atomic E-state index is 14.3. The summed E-state index contributed by atoms with van der Waals surface area (Å²) in [4.78, 5) is 38.4. The van der Waals surface area contributed by atoms with Gasteiger partial charge in [-0.05, 0) is 29.0 Å². The number of rotatable bonds is 9. The number of carbonyl (C=O) groups is 3. The molecule has 1 saturated heterocycles. The summed E-state index contributed by atoms with van der Waals surface area (Å²) in [6, 6.07) is 16.5. The SMILES string of the molecule is CC(=O)NCCCC(=O)N1CC(F)CC1C(=O)NC(c1ccccc1)c1ccc(C(C)C)cc1. The molecule has 3 amide bonds. The first-order chi connectivity index (χ1) is 16.3. The van der Waals surface area contributed by atoms with E-state index in [4.69, 9.17) is 0 Å². The van der Waals surface area contributed by atoms with Crippen LogP contribution in [0.1, 0.15) is 68.7 Å². The van der Waals surface area contributed by atoms with Crippen LogP contribution in [0.2, 0.25) is 0 Å². The summed E-state index contributed by atoms with van der Waals surface area (Å²) in [7, 11) is 0. The summed E-state index contributed by atoms with van der Waals surface area (Å²) in [5.41, 5.74) is 3.04. The Hall–Kier alpha value is -3.22. The zero-order valence-corrected chi connectivity index (χ0v) is 20.1. The Morgan fingerprint density at radius 2 is 1.62 bits per heavy atom. The first-order valence-corrected chi connectivity index (χ1v) is 11.9. The molecule has 1 heterocycles. The standard InChI is InChI=1S/C27H34FN3O3/c1-18(2)20-11-13-22(14-12-20)26(21-8-5-4-6-9-21)30-27(34)24-16-23(28)17-31(24)25(33)10-7-15-29-19(3)32/h4-6,8-9,11-14,18,23-24,26H,7,10,15-17H2,1-3H3,(H,29,32)(H,30,34). The van der Waals surface area contributed by atoms with E-state index >= 15 is 0 Å². The first-order valence-electron chi connectivity index (χ1n) is 11.9. The van der Waals surface area contributed by atoms with Gasteiger partial charge in [0.1, 0.15) is 12.2 Å². The second-order valence-electron chi connectivity index (χ2n) is 9.16. The molecule has 1 aliphatic rings. The van der Waals surface area contributed by atoms with Crippen molar-refractivity contribution < 1.29 is 18.8 Å². The van der Waals surface area contributed by atoms with Crippen LogP contribution in [-0.2, 0) is 14.4 Å². The molecule has 6 nitrogen and oxygen atoms in total. The van der Waals surface area contributed by atoms with Gasteiger partial charge in [-0.2, -0.15) is 0 Å². The van der Waals surface area contributed by atoms with Gasteiger partial charge in [-0.25, -0.2) is 4.39 Å². The lowest BCUT2D eigenvalue weighted by atomic mass is 9.95. The first kappa shape index (κ1) is 25.4. The number of benzene rings is 2. The highest BCUT2D eigenvalue weighted by Gasteiger charge is 2.40. The number of alkyl halides is 1. The maximum Gasteiger partial charge on any atom is 0.243 e. The Morgan fingerprint density at radius 1 is 1.00 bits per heavy atom. The highest BCUT2D eigenvalue weighted by Crippen LogP contribution is 2.27. The van der Waals surface area contributed by atoms with E-state index in [9.17, 15) is 18.8 Å². The lowest BCUT2D eigenvalue weighted by Crippen LogP contribution is -2.47. The highest BCUT2D eigenvalue weighted by atomic mass is 19.1.